The predicted octanol–water partition coefficient (Wildman–Crippen LogP) is 2.25. The third-order valence-corrected chi connectivity index (χ3v) is 4.35. The predicted molar refractivity (Wildman–Crippen MR) is 86.5 cm³/mol. The summed E-state index contributed by atoms with van der Waals surface area (Å²) in [6.45, 7) is 4.36. The first-order chi connectivity index (χ1) is 10.2. The highest BCUT2D eigenvalue weighted by Crippen LogP contribution is 2.25. The Morgan fingerprint density at radius 3 is 2.95 bits per heavy atom. The zero-order valence-electron chi connectivity index (χ0n) is 12.0. The Balaban J connectivity index is 1.71. The lowest BCUT2D eigenvalue weighted by Crippen LogP contribution is -2.16. The van der Waals surface area contributed by atoms with Crippen LogP contribution >= 0.6 is 27.7 Å². The van der Waals surface area contributed by atoms with E-state index in [4.69, 9.17) is 4.74 Å². The minimum atomic E-state index is 0.671. The first kappa shape index (κ1) is 16.3. The number of hydrogen-bond donors (Lipinski definition) is 1. The Hall–Kier alpha value is -1.12. The van der Waals surface area contributed by atoms with E-state index >= 15 is 0 Å². The summed E-state index contributed by atoms with van der Waals surface area (Å²) < 4.78 is 8.16. The van der Waals surface area contributed by atoms with E-state index in [2.05, 4.69) is 48.9 Å². The molecule has 0 saturated carbocycles. The van der Waals surface area contributed by atoms with E-state index in [0.717, 1.165) is 34.2 Å². The summed E-state index contributed by atoms with van der Waals surface area (Å²) in [6.07, 6.45) is 0. The quantitative estimate of drug-likeness (QED) is 0.567. The maximum absolute atomic E-state index is 5.50. The van der Waals surface area contributed by atoms with Gasteiger partial charge in [0, 0.05) is 25.9 Å². The average Bonchev–Trinajstić information content (AvgIpc) is 2.87. The van der Waals surface area contributed by atoms with Crippen molar-refractivity contribution < 1.29 is 4.74 Å². The van der Waals surface area contributed by atoms with Crippen LogP contribution in [0.1, 0.15) is 12.5 Å². The molecule has 0 spiro atoms. The molecule has 0 fully saturated rings. The van der Waals surface area contributed by atoms with Gasteiger partial charge in [-0.3, -0.25) is 0 Å². The van der Waals surface area contributed by atoms with Crippen molar-refractivity contribution in [2.45, 2.75) is 18.6 Å². The lowest BCUT2D eigenvalue weighted by atomic mass is 10.2. The molecule has 2 aromatic rings. The number of aromatic nitrogens is 4. The Morgan fingerprint density at radius 2 is 2.29 bits per heavy atom. The van der Waals surface area contributed by atoms with E-state index in [0.29, 0.717) is 6.61 Å². The molecule has 1 heterocycles. The molecule has 0 atom stereocenters. The van der Waals surface area contributed by atoms with Crippen molar-refractivity contribution in [3.8, 4) is 5.75 Å². The summed E-state index contributed by atoms with van der Waals surface area (Å²) in [7, 11) is 1.84. The van der Waals surface area contributed by atoms with Gasteiger partial charge in [0.2, 0.25) is 5.16 Å². The Labute approximate surface area is 136 Å². The van der Waals surface area contributed by atoms with Crippen LogP contribution < -0.4 is 10.1 Å². The fraction of sp³-hybridized carbons (Fsp3) is 0.462. The average molecular weight is 372 g/mol. The molecule has 1 N–H and O–H groups in total. The lowest BCUT2D eigenvalue weighted by Gasteiger charge is -2.09. The molecule has 6 nitrogen and oxygen atoms in total. The van der Waals surface area contributed by atoms with Crippen molar-refractivity contribution in [2.75, 3.05) is 18.9 Å². The van der Waals surface area contributed by atoms with Gasteiger partial charge in [0.05, 0.1) is 11.1 Å². The van der Waals surface area contributed by atoms with E-state index < -0.39 is 0 Å². The second-order valence-corrected chi connectivity index (χ2v) is 6.22. The fourth-order valence-electron chi connectivity index (χ4n) is 1.72. The van der Waals surface area contributed by atoms with E-state index in [-0.39, 0.29) is 0 Å². The molecule has 2 rings (SSSR count). The topological polar surface area (TPSA) is 64.9 Å². The number of benzene rings is 1. The lowest BCUT2D eigenvalue weighted by molar-refractivity contribution is 0.338. The van der Waals surface area contributed by atoms with Crippen LogP contribution in [0.5, 0.6) is 5.75 Å². The van der Waals surface area contributed by atoms with Gasteiger partial charge >= 0.3 is 0 Å². The molecular weight excluding hydrogens is 354 g/mol. The standard InChI is InChI=1S/C13H18BrN5OS/c1-3-20-12-5-4-10(8-11(12)14)9-15-6-7-21-13-16-17-18-19(13)2/h4-5,8,15H,3,6-7,9H2,1-2H3. The van der Waals surface area contributed by atoms with Crippen LogP contribution in [0.25, 0.3) is 0 Å². The number of nitrogens with one attached hydrogen (secondary N) is 1. The number of rotatable bonds is 8. The number of tetrazole rings is 1. The molecule has 1 aromatic heterocycles. The molecule has 0 aliphatic heterocycles. The van der Waals surface area contributed by atoms with Crippen LogP contribution in [0.3, 0.4) is 0 Å². The van der Waals surface area contributed by atoms with Crippen molar-refractivity contribution in [1.29, 1.82) is 0 Å². The van der Waals surface area contributed by atoms with E-state index in [1.54, 1.807) is 16.4 Å². The number of halogens is 1. The first-order valence-electron chi connectivity index (χ1n) is 6.67. The summed E-state index contributed by atoms with van der Waals surface area (Å²) in [6, 6.07) is 6.14. The summed E-state index contributed by atoms with van der Waals surface area (Å²) >= 11 is 5.16. The van der Waals surface area contributed by atoms with Crippen molar-refractivity contribution in [1.82, 2.24) is 25.5 Å². The van der Waals surface area contributed by atoms with Crippen molar-refractivity contribution in [2.24, 2.45) is 7.05 Å². The van der Waals surface area contributed by atoms with Gasteiger partial charge in [-0.15, -0.1) is 5.10 Å². The molecule has 1 aromatic carbocycles. The van der Waals surface area contributed by atoms with E-state index in [1.807, 2.05) is 20.0 Å². The maximum atomic E-state index is 5.50. The molecule has 0 radical (unpaired) electrons. The van der Waals surface area contributed by atoms with Crippen molar-refractivity contribution in [3.05, 3.63) is 28.2 Å². The van der Waals surface area contributed by atoms with E-state index in [1.165, 1.54) is 5.56 Å². The van der Waals surface area contributed by atoms with Crippen LogP contribution in [0.2, 0.25) is 0 Å². The highest BCUT2D eigenvalue weighted by Gasteiger charge is 2.03. The molecule has 0 amide bonds. The van der Waals surface area contributed by atoms with Crippen LogP contribution in [-0.2, 0) is 13.6 Å². The number of hydrogen-bond acceptors (Lipinski definition) is 6. The SMILES string of the molecule is CCOc1ccc(CNCCSc2nnnn2C)cc1Br. The van der Waals surface area contributed by atoms with Crippen LogP contribution in [-0.4, -0.2) is 39.1 Å². The van der Waals surface area contributed by atoms with Gasteiger partial charge in [0.25, 0.3) is 0 Å². The van der Waals surface area contributed by atoms with Gasteiger partial charge in [-0.25, -0.2) is 4.68 Å². The summed E-state index contributed by atoms with van der Waals surface area (Å²) in [5.74, 6) is 1.80. The van der Waals surface area contributed by atoms with Crippen LogP contribution in [0, 0.1) is 0 Å². The van der Waals surface area contributed by atoms with E-state index in [9.17, 15) is 0 Å². The minimum Gasteiger partial charge on any atom is -0.493 e. The number of aryl methyl sites for hydroxylation is 1. The molecule has 0 unspecified atom stereocenters. The number of nitrogens with zero attached hydrogens (tertiary/aromatic N) is 4. The van der Waals surface area contributed by atoms with Gasteiger partial charge in [-0.1, -0.05) is 17.8 Å². The molecule has 0 saturated heterocycles. The zero-order chi connectivity index (χ0) is 15.1. The second kappa shape index (κ2) is 8.35. The molecule has 8 heteroatoms. The fourth-order valence-corrected chi connectivity index (χ4v) is 3.00. The molecule has 0 aliphatic carbocycles. The zero-order valence-corrected chi connectivity index (χ0v) is 14.4. The van der Waals surface area contributed by atoms with Gasteiger partial charge in [-0.2, -0.15) is 0 Å². The van der Waals surface area contributed by atoms with Gasteiger partial charge in [0.1, 0.15) is 5.75 Å². The molecule has 0 aliphatic rings. The van der Waals surface area contributed by atoms with Crippen molar-refractivity contribution >= 4 is 27.7 Å². The first-order valence-corrected chi connectivity index (χ1v) is 8.45. The summed E-state index contributed by atoms with van der Waals surface area (Å²) in [5.41, 5.74) is 1.22. The van der Waals surface area contributed by atoms with Gasteiger partial charge in [-0.05, 0) is 51.0 Å². The molecular formula is C13H18BrN5OS. The third kappa shape index (κ3) is 4.98. The van der Waals surface area contributed by atoms with Crippen LogP contribution in [0.15, 0.2) is 27.8 Å². The number of thioether (sulfide) groups is 1. The normalized spacial score (nSPS) is 10.8. The molecule has 0 bridgehead atoms. The summed E-state index contributed by atoms with van der Waals surface area (Å²) in [5, 5.41) is 15.6. The highest BCUT2D eigenvalue weighted by atomic mass is 79.9. The monoisotopic (exact) mass is 371 g/mol. The Bertz CT molecular complexity index is 577. The number of ether oxygens (including phenoxy) is 1. The smallest absolute Gasteiger partial charge is 0.209 e. The third-order valence-electron chi connectivity index (χ3n) is 2.72. The maximum Gasteiger partial charge on any atom is 0.209 e. The largest absolute Gasteiger partial charge is 0.493 e. The Kier molecular flexibility index (Phi) is 6.47. The summed E-state index contributed by atoms with van der Waals surface area (Å²) in [4.78, 5) is 0. The highest BCUT2D eigenvalue weighted by molar-refractivity contribution is 9.10. The minimum absolute atomic E-state index is 0.671. The molecule has 114 valence electrons. The van der Waals surface area contributed by atoms with Gasteiger partial charge < -0.3 is 10.1 Å². The second-order valence-electron chi connectivity index (χ2n) is 4.31. The van der Waals surface area contributed by atoms with Gasteiger partial charge in [0.15, 0.2) is 0 Å². The van der Waals surface area contributed by atoms with Crippen molar-refractivity contribution in [3.63, 3.8) is 0 Å². The molecule has 21 heavy (non-hydrogen) atoms. The van der Waals surface area contributed by atoms with Crippen LogP contribution in [0.4, 0.5) is 0 Å². The Morgan fingerprint density at radius 1 is 1.43 bits per heavy atom.